The molecule has 0 saturated carbocycles. The second kappa shape index (κ2) is 6.62. The molecule has 0 saturated heterocycles. The van der Waals surface area contributed by atoms with Crippen molar-refractivity contribution in [1.82, 2.24) is 5.43 Å². The van der Waals surface area contributed by atoms with E-state index in [-0.39, 0.29) is 11.7 Å². The highest BCUT2D eigenvalue weighted by Gasteiger charge is 2.08. The maximum absolute atomic E-state index is 12.1. The molecule has 23 heavy (non-hydrogen) atoms. The van der Waals surface area contributed by atoms with Crippen LogP contribution in [0.1, 0.15) is 15.9 Å². The molecule has 1 amide bonds. The van der Waals surface area contributed by atoms with Crippen molar-refractivity contribution in [2.45, 2.75) is 0 Å². The minimum atomic E-state index is -0.326. The summed E-state index contributed by atoms with van der Waals surface area (Å²) in [6.45, 7) is 0. The Hall–Kier alpha value is -2.66. The maximum Gasteiger partial charge on any atom is 0.272 e. The number of amides is 1. The number of carbonyl (C=O) groups is 1. The fraction of sp³-hybridized carbons (Fsp3) is 0. The van der Waals surface area contributed by atoms with E-state index in [0.717, 1.165) is 10.8 Å². The quantitative estimate of drug-likeness (QED) is 0.540. The maximum atomic E-state index is 12.1. The highest BCUT2D eigenvalue weighted by Crippen LogP contribution is 2.25. The van der Waals surface area contributed by atoms with Gasteiger partial charge in [-0.05, 0) is 44.9 Å². The number of phenols is 1. The van der Waals surface area contributed by atoms with Gasteiger partial charge in [0.05, 0.1) is 11.8 Å². The van der Waals surface area contributed by atoms with Gasteiger partial charge < -0.3 is 5.11 Å². The molecule has 3 rings (SSSR count). The van der Waals surface area contributed by atoms with Gasteiger partial charge in [0.15, 0.2) is 0 Å². The van der Waals surface area contributed by atoms with Crippen LogP contribution in [0.2, 0.25) is 0 Å². The molecule has 5 heteroatoms. The Morgan fingerprint density at radius 3 is 2.61 bits per heavy atom. The average Bonchev–Trinajstić information content (AvgIpc) is 2.57. The fourth-order valence-corrected chi connectivity index (χ4v) is 2.75. The van der Waals surface area contributed by atoms with Gasteiger partial charge in [-0.2, -0.15) is 5.10 Å². The van der Waals surface area contributed by atoms with Crippen LogP contribution in [0, 0.1) is 0 Å². The zero-order chi connectivity index (χ0) is 16.2. The molecule has 0 heterocycles. The summed E-state index contributed by atoms with van der Waals surface area (Å²) in [4.78, 5) is 12.1. The predicted molar refractivity (Wildman–Crippen MR) is 94.8 cm³/mol. The van der Waals surface area contributed by atoms with E-state index in [0.29, 0.717) is 15.6 Å². The van der Waals surface area contributed by atoms with Crippen molar-refractivity contribution >= 4 is 38.8 Å². The SMILES string of the molecule is O=C(N/N=C\c1c(O)ccc2ccccc12)c1ccccc1Br. The Morgan fingerprint density at radius 1 is 1.04 bits per heavy atom. The van der Waals surface area contributed by atoms with E-state index in [2.05, 4.69) is 26.5 Å². The highest BCUT2D eigenvalue weighted by atomic mass is 79.9. The van der Waals surface area contributed by atoms with E-state index in [1.165, 1.54) is 6.21 Å². The second-order valence-corrected chi connectivity index (χ2v) is 5.75. The number of aromatic hydroxyl groups is 1. The monoisotopic (exact) mass is 368 g/mol. The third kappa shape index (κ3) is 3.24. The number of nitrogens with one attached hydrogen (secondary N) is 1. The van der Waals surface area contributed by atoms with E-state index in [9.17, 15) is 9.90 Å². The van der Waals surface area contributed by atoms with Gasteiger partial charge >= 0.3 is 0 Å². The first-order chi connectivity index (χ1) is 11.2. The molecule has 114 valence electrons. The van der Waals surface area contributed by atoms with Gasteiger partial charge in [0.2, 0.25) is 0 Å². The van der Waals surface area contributed by atoms with Crippen molar-refractivity contribution in [2.24, 2.45) is 5.10 Å². The molecule has 0 aliphatic rings. The molecule has 4 nitrogen and oxygen atoms in total. The highest BCUT2D eigenvalue weighted by molar-refractivity contribution is 9.10. The Morgan fingerprint density at radius 2 is 1.78 bits per heavy atom. The molecule has 0 atom stereocenters. The number of hydrogen-bond acceptors (Lipinski definition) is 3. The van der Waals surface area contributed by atoms with Crippen LogP contribution in [0.25, 0.3) is 10.8 Å². The van der Waals surface area contributed by atoms with Crippen LogP contribution >= 0.6 is 15.9 Å². The number of halogens is 1. The summed E-state index contributed by atoms with van der Waals surface area (Å²) < 4.78 is 0.695. The second-order valence-electron chi connectivity index (χ2n) is 4.90. The lowest BCUT2D eigenvalue weighted by Gasteiger charge is -2.05. The van der Waals surface area contributed by atoms with Crippen LogP contribution in [0.3, 0.4) is 0 Å². The topological polar surface area (TPSA) is 61.7 Å². The molecular formula is C18H13BrN2O2. The molecule has 3 aromatic rings. The number of hydrazone groups is 1. The van der Waals surface area contributed by atoms with Crippen LogP contribution in [-0.4, -0.2) is 17.2 Å². The van der Waals surface area contributed by atoms with Crippen molar-refractivity contribution in [3.63, 3.8) is 0 Å². The Labute approximate surface area is 141 Å². The fourth-order valence-electron chi connectivity index (χ4n) is 2.28. The Balaban J connectivity index is 1.85. The molecule has 0 aliphatic heterocycles. The number of fused-ring (bicyclic) bond motifs is 1. The van der Waals surface area contributed by atoms with Crippen molar-refractivity contribution in [1.29, 1.82) is 0 Å². The molecular weight excluding hydrogens is 356 g/mol. The number of nitrogens with zero attached hydrogens (tertiary/aromatic N) is 1. The summed E-state index contributed by atoms with van der Waals surface area (Å²) in [6, 6.07) is 18.2. The van der Waals surface area contributed by atoms with Crippen LogP contribution in [0.15, 0.2) is 70.2 Å². The summed E-state index contributed by atoms with van der Waals surface area (Å²) >= 11 is 3.33. The molecule has 0 fully saturated rings. The lowest BCUT2D eigenvalue weighted by atomic mass is 10.0. The van der Waals surface area contributed by atoms with Crippen LogP contribution in [0.5, 0.6) is 5.75 Å². The standard InChI is InChI=1S/C18H13BrN2O2/c19-16-8-4-3-7-14(16)18(23)21-20-11-15-13-6-2-1-5-12(13)9-10-17(15)22/h1-11,22H,(H,21,23)/b20-11-. The Kier molecular flexibility index (Phi) is 4.39. The van der Waals surface area contributed by atoms with Gasteiger partial charge in [-0.3, -0.25) is 4.79 Å². The molecule has 0 aliphatic carbocycles. The largest absolute Gasteiger partial charge is 0.507 e. The van der Waals surface area contributed by atoms with Gasteiger partial charge in [0.1, 0.15) is 5.75 Å². The van der Waals surface area contributed by atoms with E-state index >= 15 is 0 Å². The number of phenolic OH excluding ortho intramolecular Hbond substituents is 1. The van der Waals surface area contributed by atoms with Crippen molar-refractivity contribution in [3.8, 4) is 5.75 Å². The molecule has 0 spiro atoms. The summed E-state index contributed by atoms with van der Waals surface area (Å²) in [5.41, 5.74) is 3.53. The van der Waals surface area contributed by atoms with Gasteiger partial charge in [0.25, 0.3) is 5.91 Å². The van der Waals surface area contributed by atoms with Gasteiger partial charge in [-0.1, -0.05) is 42.5 Å². The van der Waals surface area contributed by atoms with Crippen LogP contribution in [0.4, 0.5) is 0 Å². The zero-order valence-corrected chi connectivity index (χ0v) is 13.6. The molecule has 0 unspecified atom stereocenters. The summed E-state index contributed by atoms with van der Waals surface area (Å²) in [5.74, 6) is -0.212. The van der Waals surface area contributed by atoms with Crippen molar-refractivity contribution in [3.05, 3.63) is 76.3 Å². The van der Waals surface area contributed by atoms with E-state index in [1.807, 2.05) is 36.4 Å². The molecule has 3 aromatic carbocycles. The first-order valence-corrected chi connectivity index (χ1v) is 7.75. The third-order valence-corrected chi connectivity index (χ3v) is 4.12. The molecule has 0 bridgehead atoms. The summed E-state index contributed by atoms with van der Waals surface area (Å²) in [7, 11) is 0. The molecule has 0 aromatic heterocycles. The lowest BCUT2D eigenvalue weighted by Crippen LogP contribution is -2.18. The summed E-state index contributed by atoms with van der Waals surface area (Å²) in [5, 5.41) is 15.8. The van der Waals surface area contributed by atoms with E-state index < -0.39 is 0 Å². The minimum Gasteiger partial charge on any atom is -0.507 e. The van der Waals surface area contributed by atoms with Gasteiger partial charge in [-0.15, -0.1) is 0 Å². The summed E-state index contributed by atoms with van der Waals surface area (Å²) in [6.07, 6.45) is 1.45. The number of benzene rings is 3. The number of hydrogen-bond donors (Lipinski definition) is 2. The van der Waals surface area contributed by atoms with E-state index in [1.54, 1.807) is 24.3 Å². The van der Waals surface area contributed by atoms with Crippen LogP contribution < -0.4 is 5.43 Å². The van der Waals surface area contributed by atoms with Crippen molar-refractivity contribution in [2.75, 3.05) is 0 Å². The predicted octanol–water partition coefficient (Wildman–Crippen LogP) is 4.07. The van der Waals surface area contributed by atoms with E-state index in [4.69, 9.17) is 0 Å². The first kappa shape index (κ1) is 15.2. The third-order valence-electron chi connectivity index (χ3n) is 3.43. The van der Waals surface area contributed by atoms with Gasteiger partial charge in [0, 0.05) is 10.0 Å². The van der Waals surface area contributed by atoms with Crippen molar-refractivity contribution < 1.29 is 9.90 Å². The number of carbonyl (C=O) groups excluding carboxylic acids is 1. The zero-order valence-electron chi connectivity index (χ0n) is 12.0. The minimum absolute atomic E-state index is 0.114. The molecule has 0 radical (unpaired) electrons. The smallest absolute Gasteiger partial charge is 0.272 e. The normalized spacial score (nSPS) is 11.0. The van der Waals surface area contributed by atoms with Crippen LogP contribution in [-0.2, 0) is 0 Å². The average molecular weight is 369 g/mol. The Bertz CT molecular complexity index is 906. The number of rotatable bonds is 3. The first-order valence-electron chi connectivity index (χ1n) is 6.95. The molecule has 2 N–H and O–H groups in total. The van der Waals surface area contributed by atoms with Gasteiger partial charge in [-0.25, -0.2) is 5.43 Å². The lowest BCUT2D eigenvalue weighted by molar-refractivity contribution is 0.0954.